The minimum atomic E-state index is -0.417. The average molecular weight is 348 g/mol. The second-order valence-corrected chi connectivity index (χ2v) is 4.90. The average Bonchev–Trinajstić information content (AvgIpc) is 3.25. The van der Waals surface area contributed by atoms with Crippen molar-refractivity contribution in [1.82, 2.24) is 25.1 Å². The van der Waals surface area contributed by atoms with Gasteiger partial charge in [0.1, 0.15) is 5.69 Å². The molecule has 0 aliphatic heterocycles. The maximum atomic E-state index is 12.0. The van der Waals surface area contributed by atoms with Crippen LogP contribution < -0.4 is 5.32 Å². The van der Waals surface area contributed by atoms with E-state index in [-0.39, 0.29) is 18.2 Å². The summed E-state index contributed by atoms with van der Waals surface area (Å²) in [6, 6.07) is 1.77. The number of aryl methyl sites for hydroxylation is 1. The Kier molecular flexibility index (Phi) is 6.02. The Labute approximate surface area is 139 Å². The van der Waals surface area contributed by atoms with Crippen molar-refractivity contribution in [2.24, 2.45) is 0 Å². The molecule has 0 fully saturated rings. The summed E-state index contributed by atoms with van der Waals surface area (Å²) >= 11 is 1.29. The lowest BCUT2D eigenvalue weighted by Crippen LogP contribution is -2.12. The number of carboxylic acid groups (broad SMARTS) is 1. The van der Waals surface area contributed by atoms with Crippen LogP contribution in [0, 0.1) is 0 Å². The van der Waals surface area contributed by atoms with Crippen LogP contribution in [0.1, 0.15) is 23.2 Å². The number of hydrogen-bond acceptors (Lipinski definition) is 9. The first-order chi connectivity index (χ1) is 11.7. The standard InChI is InChI=1S/C12H10N6O2S.CH2O2/c1-2-8-16-12(20-18-8)17-10(19)7-6-21-11(15-7)9-13-4-3-5-14-9;2-1-3/h3-6H,2H2,1H3,(H,16,17,18,19);1H,(H,2,3). The number of thiazole rings is 1. The summed E-state index contributed by atoms with van der Waals surface area (Å²) in [7, 11) is 0. The highest BCUT2D eigenvalue weighted by Gasteiger charge is 2.15. The number of hydrogen-bond donors (Lipinski definition) is 2. The van der Waals surface area contributed by atoms with Gasteiger partial charge in [-0.05, 0) is 6.07 Å². The van der Waals surface area contributed by atoms with Crippen LogP contribution in [0.2, 0.25) is 0 Å². The third-order valence-corrected chi connectivity index (χ3v) is 3.34. The van der Waals surface area contributed by atoms with Crippen LogP contribution in [0.3, 0.4) is 0 Å². The van der Waals surface area contributed by atoms with E-state index in [1.807, 2.05) is 6.92 Å². The molecule has 124 valence electrons. The van der Waals surface area contributed by atoms with Gasteiger partial charge in [-0.25, -0.2) is 15.0 Å². The van der Waals surface area contributed by atoms with Gasteiger partial charge in [0.2, 0.25) is 0 Å². The molecule has 24 heavy (non-hydrogen) atoms. The largest absolute Gasteiger partial charge is 0.483 e. The first kappa shape index (κ1) is 17.1. The minimum Gasteiger partial charge on any atom is -0.483 e. The molecule has 3 aromatic rings. The molecule has 3 rings (SSSR count). The van der Waals surface area contributed by atoms with Crippen molar-refractivity contribution < 1.29 is 19.2 Å². The fourth-order valence-corrected chi connectivity index (χ4v) is 2.24. The SMILES string of the molecule is CCc1noc(NC(=O)c2csc(-c3ncccn3)n2)n1.O=CO. The van der Waals surface area contributed by atoms with E-state index in [0.717, 1.165) is 0 Å². The van der Waals surface area contributed by atoms with Crippen LogP contribution in [-0.4, -0.2) is 42.6 Å². The first-order valence-corrected chi connectivity index (χ1v) is 7.50. The van der Waals surface area contributed by atoms with Crippen LogP contribution in [-0.2, 0) is 11.2 Å². The number of amides is 1. The fraction of sp³-hybridized carbons (Fsp3) is 0.154. The highest BCUT2D eigenvalue weighted by atomic mass is 32.1. The Morgan fingerprint density at radius 2 is 2.08 bits per heavy atom. The summed E-state index contributed by atoms with van der Waals surface area (Å²) in [5, 5.41) is 15.3. The molecule has 0 spiro atoms. The minimum absolute atomic E-state index is 0.0577. The fourth-order valence-electron chi connectivity index (χ4n) is 1.50. The van der Waals surface area contributed by atoms with E-state index in [2.05, 4.69) is 30.4 Å². The highest BCUT2D eigenvalue weighted by Crippen LogP contribution is 2.20. The van der Waals surface area contributed by atoms with Gasteiger partial charge < -0.3 is 9.63 Å². The number of anilines is 1. The van der Waals surface area contributed by atoms with Crippen molar-refractivity contribution in [3.05, 3.63) is 35.4 Å². The van der Waals surface area contributed by atoms with E-state index in [4.69, 9.17) is 14.4 Å². The van der Waals surface area contributed by atoms with Gasteiger partial charge in [0.05, 0.1) is 0 Å². The summed E-state index contributed by atoms with van der Waals surface area (Å²) in [4.78, 5) is 36.7. The molecule has 0 atom stereocenters. The van der Waals surface area contributed by atoms with Crippen molar-refractivity contribution in [1.29, 1.82) is 0 Å². The monoisotopic (exact) mass is 348 g/mol. The number of nitrogens with one attached hydrogen (secondary N) is 1. The molecule has 10 nitrogen and oxygen atoms in total. The molecule has 0 aliphatic carbocycles. The smallest absolute Gasteiger partial charge is 0.328 e. The molecule has 3 aromatic heterocycles. The Morgan fingerprint density at radius 1 is 1.38 bits per heavy atom. The molecular formula is C13H12N6O4S. The van der Waals surface area contributed by atoms with Crippen molar-refractivity contribution >= 4 is 29.7 Å². The molecule has 0 bridgehead atoms. The quantitative estimate of drug-likeness (QED) is 0.670. The molecule has 0 unspecified atom stereocenters. The topological polar surface area (TPSA) is 144 Å². The lowest BCUT2D eigenvalue weighted by molar-refractivity contribution is -0.122. The van der Waals surface area contributed by atoms with Crippen LogP contribution in [0.15, 0.2) is 28.4 Å². The van der Waals surface area contributed by atoms with Gasteiger partial charge in [-0.1, -0.05) is 12.1 Å². The van der Waals surface area contributed by atoms with Crippen LogP contribution in [0.5, 0.6) is 0 Å². The van der Waals surface area contributed by atoms with E-state index < -0.39 is 5.91 Å². The van der Waals surface area contributed by atoms with Gasteiger partial charge >= 0.3 is 6.01 Å². The van der Waals surface area contributed by atoms with E-state index >= 15 is 0 Å². The molecule has 0 aromatic carbocycles. The normalized spacial score (nSPS) is 9.71. The van der Waals surface area contributed by atoms with Crippen molar-refractivity contribution in [3.63, 3.8) is 0 Å². The Bertz CT molecular complexity index is 804. The first-order valence-electron chi connectivity index (χ1n) is 6.62. The zero-order chi connectivity index (χ0) is 17.4. The summed E-state index contributed by atoms with van der Waals surface area (Å²) in [6.45, 7) is 1.64. The van der Waals surface area contributed by atoms with Crippen LogP contribution >= 0.6 is 11.3 Å². The number of nitrogens with zero attached hydrogens (tertiary/aromatic N) is 5. The number of rotatable bonds is 4. The number of carbonyl (C=O) groups is 2. The Morgan fingerprint density at radius 3 is 2.71 bits per heavy atom. The zero-order valence-corrected chi connectivity index (χ0v) is 13.2. The zero-order valence-electron chi connectivity index (χ0n) is 12.4. The van der Waals surface area contributed by atoms with Gasteiger partial charge in [-0.2, -0.15) is 4.98 Å². The summed E-state index contributed by atoms with van der Waals surface area (Å²) in [5.41, 5.74) is 0.249. The van der Waals surface area contributed by atoms with Gasteiger partial charge in [0.15, 0.2) is 16.7 Å². The molecule has 3 heterocycles. The molecule has 0 saturated heterocycles. The van der Waals surface area contributed by atoms with E-state index in [9.17, 15) is 4.79 Å². The third kappa shape index (κ3) is 4.39. The third-order valence-electron chi connectivity index (χ3n) is 2.50. The predicted molar refractivity (Wildman–Crippen MR) is 83.5 cm³/mol. The molecule has 0 aliphatic rings. The van der Waals surface area contributed by atoms with Crippen LogP contribution in [0.4, 0.5) is 6.01 Å². The molecule has 0 radical (unpaired) electrons. The van der Waals surface area contributed by atoms with Crippen molar-refractivity contribution in [2.45, 2.75) is 13.3 Å². The molecular weight excluding hydrogens is 336 g/mol. The van der Waals surface area contributed by atoms with Gasteiger partial charge in [0.25, 0.3) is 12.4 Å². The van der Waals surface area contributed by atoms with E-state index in [1.165, 1.54) is 11.3 Å². The number of aromatic nitrogens is 5. The summed E-state index contributed by atoms with van der Waals surface area (Å²) in [6.07, 6.45) is 3.87. The summed E-state index contributed by atoms with van der Waals surface area (Å²) < 4.78 is 4.90. The molecule has 0 saturated carbocycles. The Hall–Kier alpha value is -3.21. The van der Waals surface area contributed by atoms with Crippen molar-refractivity contribution in [2.75, 3.05) is 5.32 Å². The van der Waals surface area contributed by atoms with Gasteiger partial charge in [-0.3, -0.25) is 14.9 Å². The second-order valence-electron chi connectivity index (χ2n) is 4.04. The maximum Gasteiger partial charge on any atom is 0.328 e. The lowest BCUT2D eigenvalue weighted by atomic mass is 10.4. The van der Waals surface area contributed by atoms with Crippen LogP contribution in [0.25, 0.3) is 10.8 Å². The van der Waals surface area contributed by atoms with Gasteiger partial charge in [-0.15, -0.1) is 11.3 Å². The second kappa shape index (κ2) is 8.43. The number of carbonyl (C=O) groups excluding carboxylic acids is 1. The molecule has 11 heteroatoms. The van der Waals surface area contributed by atoms with Gasteiger partial charge in [0, 0.05) is 24.2 Å². The van der Waals surface area contributed by atoms with E-state index in [0.29, 0.717) is 23.1 Å². The van der Waals surface area contributed by atoms with E-state index in [1.54, 1.807) is 23.8 Å². The molecule has 1 amide bonds. The highest BCUT2D eigenvalue weighted by molar-refractivity contribution is 7.13. The predicted octanol–water partition coefficient (Wildman–Crippen LogP) is 1.50. The lowest BCUT2D eigenvalue weighted by Gasteiger charge is -1.95. The van der Waals surface area contributed by atoms with Crippen molar-refractivity contribution in [3.8, 4) is 10.8 Å². The summed E-state index contributed by atoms with van der Waals surface area (Å²) in [5.74, 6) is 0.592. The molecule has 2 N–H and O–H groups in total. The maximum absolute atomic E-state index is 12.0. The Balaban J connectivity index is 0.000000647.